The van der Waals surface area contributed by atoms with Gasteiger partial charge in [0, 0.05) is 13.2 Å². The molecule has 0 unspecified atom stereocenters. The van der Waals surface area contributed by atoms with E-state index in [0.29, 0.717) is 0 Å². The van der Waals surface area contributed by atoms with Crippen molar-refractivity contribution in [2.24, 2.45) is 0 Å². The predicted octanol–water partition coefficient (Wildman–Crippen LogP) is 0.185. The molecule has 0 spiro atoms. The number of ether oxygens (including phenoxy) is 1. The third-order valence-corrected chi connectivity index (χ3v) is 3.88. The highest BCUT2D eigenvalue weighted by Gasteiger charge is 2.26. The Morgan fingerprint density at radius 3 is 2.78 bits per heavy atom. The van der Waals surface area contributed by atoms with Crippen LogP contribution in [0.3, 0.4) is 0 Å². The topological polar surface area (TPSA) is 96.8 Å². The maximum Gasteiger partial charge on any atom is 0.318 e. The van der Waals surface area contributed by atoms with Gasteiger partial charge in [-0.05, 0) is 19.1 Å². The van der Waals surface area contributed by atoms with Gasteiger partial charge in [0.1, 0.15) is 11.4 Å². The molecule has 7 nitrogen and oxygen atoms in total. The monoisotopic (exact) mass is 274 g/mol. The van der Waals surface area contributed by atoms with Crippen LogP contribution in [0.15, 0.2) is 23.2 Å². The van der Waals surface area contributed by atoms with Crippen LogP contribution in [-0.4, -0.2) is 49.0 Å². The first-order valence-electron chi connectivity index (χ1n) is 5.15. The molecule has 0 aliphatic carbocycles. The van der Waals surface area contributed by atoms with Crippen molar-refractivity contribution in [1.29, 1.82) is 0 Å². The van der Waals surface area contributed by atoms with E-state index >= 15 is 0 Å². The van der Waals surface area contributed by atoms with E-state index in [4.69, 9.17) is 9.84 Å². The summed E-state index contributed by atoms with van der Waals surface area (Å²) in [4.78, 5) is 14.2. The van der Waals surface area contributed by atoms with Crippen molar-refractivity contribution in [3.63, 3.8) is 0 Å². The number of nitrogens with zero attached hydrogens (tertiary/aromatic N) is 2. The smallest absolute Gasteiger partial charge is 0.318 e. The van der Waals surface area contributed by atoms with Crippen LogP contribution in [0.25, 0.3) is 0 Å². The highest BCUT2D eigenvalue weighted by molar-refractivity contribution is 7.89. The van der Waals surface area contributed by atoms with Gasteiger partial charge in [0.2, 0.25) is 15.9 Å². The maximum absolute atomic E-state index is 12.1. The number of carboxylic acid groups (broad SMARTS) is 1. The van der Waals surface area contributed by atoms with E-state index in [9.17, 15) is 13.2 Å². The molecular formula is C10H14N2O5S. The van der Waals surface area contributed by atoms with Gasteiger partial charge in [0.25, 0.3) is 0 Å². The van der Waals surface area contributed by atoms with E-state index in [2.05, 4.69) is 4.98 Å². The van der Waals surface area contributed by atoms with Gasteiger partial charge in [-0.1, -0.05) is 0 Å². The Bertz CT molecular complexity index is 529. The quantitative estimate of drug-likeness (QED) is 0.795. The largest absolute Gasteiger partial charge is 0.480 e. The lowest BCUT2D eigenvalue weighted by Crippen LogP contribution is -2.32. The zero-order chi connectivity index (χ0) is 13.8. The third kappa shape index (κ3) is 3.17. The maximum atomic E-state index is 12.1. The number of pyridine rings is 1. The lowest BCUT2D eigenvalue weighted by atomic mass is 10.5. The minimum absolute atomic E-state index is 0.0303. The lowest BCUT2D eigenvalue weighted by molar-refractivity contribution is -0.137. The minimum Gasteiger partial charge on any atom is -0.480 e. The Hall–Kier alpha value is -1.67. The number of sulfonamides is 1. The predicted molar refractivity (Wildman–Crippen MR) is 62.9 cm³/mol. The molecule has 0 atom stereocenters. The van der Waals surface area contributed by atoms with E-state index in [1.165, 1.54) is 25.4 Å². The second kappa shape index (κ2) is 5.78. The van der Waals surface area contributed by atoms with E-state index in [-0.39, 0.29) is 17.4 Å². The van der Waals surface area contributed by atoms with Crippen LogP contribution in [0.4, 0.5) is 0 Å². The van der Waals surface area contributed by atoms with Crippen LogP contribution in [0.1, 0.15) is 6.92 Å². The molecule has 0 radical (unpaired) electrons. The molecule has 8 heteroatoms. The van der Waals surface area contributed by atoms with Crippen molar-refractivity contribution >= 4 is 16.0 Å². The molecule has 0 aliphatic heterocycles. The molecule has 0 amide bonds. The van der Waals surface area contributed by atoms with Crippen molar-refractivity contribution in [2.45, 2.75) is 11.8 Å². The second-order valence-corrected chi connectivity index (χ2v) is 5.41. The van der Waals surface area contributed by atoms with E-state index in [0.717, 1.165) is 4.31 Å². The zero-order valence-corrected chi connectivity index (χ0v) is 10.8. The van der Waals surface area contributed by atoms with Crippen LogP contribution in [0.2, 0.25) is 0 Å². The molecule has 18 heavy (non-hydrogen) atoms. The Labute approximate surface area is 105 Å². The molecule has 1 rings (SSSR count). The molecule has 1 aromatic rings. The average Bonchev–Trinajstić information content (AvgIpc) is 2.29. The molecule has 1 heterocycles. The zero-order valence-electron chi connectivity index (χ0n) is 10.0. The molecule has 0 aliphatic rings. The first-order chi connectivity index (χ1) is 8.39. The third-order valence-electron chi connectivity index (χ3n) is 2.06. The normalized spacial score (nSPS) is 11.5. The number of hydrogen-bond acceptors (Lipinski definition) is 5. The van der Waals surface area contributed by atoms with Crippen molar-refractivity contribution < 1.29 is 23.1 Å². The summed E-state index contributed by atoms with van der Waals surface area (Å²) in [5.74, 6) is -1.26. The highest BCUT2D eigenvalue weighted by Crippen LogP contribution is 2.23. The molecule has 0 saturated carbocycles. The number of rotatable bonds is 6. The van der Waals surface area contributed by atoms with Crippen molar-refractivity contribution in [1.82, 2.24) is 9.29 Å². The fourth-order valence-electron chi connectivity index (χ4n) is 1.26. The van der Waals surface area contributed by atoms with Crippen molar-refractivity contribution in [2.75, 3.05) is 20.2 Å². The Kier molecular flexibility index (Phi) is 4.62. The molecule has 0 fully saturated rings. The first-order valence-corrected chi connectivity index (χ1v) is 6.59. The number of aromatic nitrogens is 1. The molecule has 1 aromatic heterocycles. The molecule has 0 bridgehead atoms. The fraction of sp³-hybridized carbons (Fsp3) is 0.400. The Morgan fingerprint density at radius 2 is 2.22 bits per heavy atom. The van der Waals surface area contributed by atoms with Crippen LogP contribution in [0, 0.1) is 0 Å². The van der Waals surface area contributed by atoms with E-state index in [1.54, 1.807) is 6.92 Å². The van der Waals surface area contributed by atoms with Crippen molar-refractivity contribution in [3.8, 4) is 5.88 Å². The summed E-state index contributed by atoms with van der Waals surface area (Å²) in [6, 6.07) is 2.77. The number of carbonyl (C=O) groups is 1. The number of carboxylic acids is 1. The second-order valence-electron chi connectivity index (χ2n) is 3.39. The molecule has 0 aromatic carbocycles. The van der Waals surface area contributed by atoms with Crippen LogP contribution in [-0.2, 0) is 14.8 Å². The van der Waals surface area contributed by atoms with Crippen LogP contribution < -0.4 is 4.74 Å². The van der Waals surface area contributed by atoms with Gasteiger partial charge >= 0.3 is 5.97 Å². The van der Waals surface area contributed by atoms with Gasteiger partial charge < -0.3 is 9.84 Å². The first kappa shape index (κ1) is 14.4. The molecular weight excluding hydrogens is 260 g/mol. The molecule has 100 valence electrons. The van der Waals surface area contributed by atoms with Crippen molar-refractivity contribution in [3.05, 3.63) is 18.3 Å². The Balaban J connectivity index is 3.15. The summed E-state index contributed by atoms with van der Waals surface area (Å²) in [7, 11) is -2.74. The summed E-state index contributed by atoms with van der Waals surface area (Å²) in [5.41, 5.74) is 0. The standard InChI is InChI=1S/C10H14N2O5S/c1-3-17-10-8(5-4-6-11-10)18(15,16)12(2)7-9(13)14/h4-6H,3,7H2,1-2H3,(H,13,14). The van der Waals surface area contributed by atoms with Gasteiger partial charge in [-0.2, -0.15) is 4.31 Å². The summed E-state index contributed by atoms with van der Waals surface area (Å²) >= 11 is 0. The molecule has 0 saturated heterocycles. The van der Waals surface area contributed by atoms with Crippen LogP contribution >= 0.6 is 0 Å². The molecule has 1 N–H and O–H groups in total. The highest BCUT2D eigenvalue weighted by atomic mass is 32.2. The fourth-order valence-corrected chi connectivity index (χ4v) is 2.46. The Morgan fingerprint density at radius 1 is 1.56 bits per heavy atom. The lowest BCUT2D eigenvalue weighted by Gasteiger charge is -2.16. The van der Waals surface area contributed by atoms with Gasteiger partial charge in [0.05, 0.1) is 6.61 Å². The summed E-state index contributed by atoms with van der Waals surface area (Å²) in [6.45, 7) is 1.34. The number of hydrogen-bond donors (Lipinski definition) is 1. The van der Waals surface area contributed by atoms with Gasteiger partial charge in [-0.25, -0.2) is 13.4 Å². The number of aliphatic carboxylic acids is 1. The van der Waals surface area contributed by atoms with Gasteiger partial charge in [-0.15, -0.1) is 0 Å². The van der Waals surface area contributed by atoms with E-state index in [1.807, 2.05) is 0 Å². The van der Waals surface area contributed by atoms with Gasteiger partial charge in [-0.3, -0.25) is 4.79 Å². The average molecular weight is 274 g/mol. The minimum atomic E-state index is -3.92. The van der Waals surface area contributed by atoms with E-state index < -0.39 is 22.5 Å². The summed E-state index contributed by atoms with van der Waals surface area (Å²) in [6.07, 6.45) is 1.40. The SMILES string of the molecule is CCOc1ncccc1S(=O)(=O)N(C)CC(=O)O. The number of likely N-dealkylation sites (N-methyl/N-ethyl adjacent to an activating group) is 1. The summed E-state index contributed by atoms with van der Waals surface area (Å²) in [5, 5.41) is 8.61. The summed E-state index contributed by atoms with van der Waals surface area (Å²) < 4.78 is 30.1. The van der Waals surface area contributed by atoms with Crippen LogP contribution in [0.5, 0.6) is 5.88 Å². The van der Waals surface area contributed by atoms with Gasteiger partial charge in [0.15, 0.2) is 0 Å².